The molecule has 0 atom stereocenters. The zero-order valence-electron chi connectivity index (χ0n) is 12.6. The Morgan fingerprint density at radius 1 is 1.35 bits per heavy atom. The molecule has 0 aliphatic rings. The second-order valence-electron chi connectivity index (χ2n) is 4.35. The first kappa shape index (κ1) is 18.7. The fourth-order valence-corrected chi connectivity index (χ4v) is 1.69. The van der Waals surface area contributed by atoms with Gasteiger partial charge in [0, 0.05) is 18.4 Å². The van der Waals surface area contributed by atoms with E-state index in [0.717, 1.165) is 11.4 Å². The summed E-state index contributed by atoms with van der Waals surface area (Å²) in [5.74, 6) is 0.818. The molecule has 1 aromatic carbocycles. The molecule has 2 aromatic rings. The van der Waals surface area contributed by atoms with Gasteiger partial charge in [-0.05, 0) is 30.3 Å². The quantitative estimate of drug-likeness (QED) is 0.238. The number of methoxy groups -OCH3 is 1. The van der Waals surface area contributed by atoms with E-state index in [0.29, 0.717) is 18.8 Å². The topological polar surface area (TPSA) is 117 Å². The zero-order chi connectivity index (χ0) is 15.8. The number of benzene rings is 1. The molecule has 0 aliphatic heterocycles. The Bertz CT molecular complexity index is 627. The van der Waals surface area contributed by atoms with Crippen LogP contribution in [0.3, 0.4) is 0 Å². The predicted molar refractivity (Wildman–Crippen MR) is 99.4 cm³/mol. The lowest BCUT2D eigenvalue weighted by Crippen LogP contribution is -2.28. The van der Waals surface area contributed by atoms with E-state index in [9.17, 15) is 4.79 Å². The molecule has 0 unspecified atom stereocenters. The van der Waals surface area contributed by atoms with Gasteiger partial charge in [0.1, 0.15) is 11.4 Å². The number of carbonyl (C=O) groups is 1. The number of hydrogen-bond donors (Lipinski definition) is 4. The van der Waals surface area contributed by atoms with Gasteiger partial charge in [-0.25, -0.2) is 0 Å². The summed E-state index contributed by atoms with van der Waals surface area (Å²) in [6, 6.07) is 8.90. The summed E-state index contributed by atoms with van der Waals surface area (Å²) in [6.07, 6.45) is 1.52. The van der Waals surface area contributed by atoms with E-state index in [4.69, 9.17) is 10.5 Å². The molecule has 23 heavy (non-hydrogen) atoms. The van der Waals surface area contributed by atoms with Crippen LogP contribution in [0.1, 0.15) is 10.5 Å². The van der Waals surface area contributed by atoms with Crippen LogP contribution in [-0.2, 0) is 0 Å². The van der Waals surface area contributed by atoms with Crippen LogP contribution >= 0.6 is 24.0 Å². The Balaban J connectivity index is 0.00000264. The van der Waals surface area contributed by atoms with E-state index >= 15 is 0 Å². The van der Waals surface area contributed by atoms with E-state index < -0.39 is 0 Å². The molecular weight excluding hydrogens is 411 g/mol. The number of nitrogens with one attached hydrogen (secondary N) is 3. The van der Waals surface area contributed by atoms with E-state index in [1.165, 1.54) is 6.20 Å². The first-order valence-electron chi connectivity index (χ1n) is 6.67. The van der Waals surface area contributed by atoms with Crippen molar-refractivity contribution in [3.05, 3.63) is 42.2 Å². The lowest BCUT2D eigenvalue weighted by atomic mass is 10.3. The number of ether oxygens (including phenoxy) is 1. The zero-order valence-corrected chi connectivity index (χ0v) is 14.9. The number of anilines is 1. The molecule has 1 amide bonds. The predicted octanol–water partition coefficient (Wildman–Crippen LogP) is 1.19. The number of rotatable bonds is 6. The number of carbonyl (C=O) groups excluding carboxylic acids is 1. The Morgan fingerprint density at radius 2 is 2.09 bits per heavy atom. The van der Waals surface area contributed by atoms with Crippen LogP contribution in [0.4, 0.5) is 5.69 Å². The molecule has 1 heterocycles. The van der Waals surface area contributed by atoms with Gasteiger partial charge in [-0.3, -0.25) is 14.9 Å². The number of guanidine groups is 1. The maximum Gasteiger partial charge on any atom is 0.269 e. The SMILES string of the molecule is COc1ccc(NC(N)=NCCNC(=O)c2ccn[nH]2)cc1.I. The lowest BCUT2D eigenvalue weighted by molar-refractivity contribution is 0.0950. The number of halogens is 1. The van der Waals surface area contributed by atoms with Crippen molar-refractivity contribution in [1.82, 2.24) is 15.5 Å². The summed E-state index contributed by atoms with van der Waals surface area (Å²) >= 11 is 0. The maximum atomic E-state index is 11.6. The fourth-order valence-electron chi connectivity index (χ4n) is 1.69. The number of H-pyrrole nitrogens is 1. The van der Waals surface area contributed by atoms with Crippen molar-refractivity contribution in [2.45, 2.75) is 0 Å². The smallest absolute Gasteiger partial charge is 0.269 e. The fraction of sp³-hybridized carbons (Fsp3) is 0.214. The van der Waals surface area contributed by atoms with Gasteiger partial charge < -0.3 is 21.1 Å². The summed E-state index contributed by atoms with van der Waals surface area (Å²) in [7, 11) is 1.61. The van der Waals surface area contributed by atoms with Gasteiger partial charge in [0.25, 0.3) is 5.91 Å². The van der Waals surface area contributed by atoms with Crippen molar-refractivity contribution in [2.24, 2.45) is 10.7 Å². The van der Waals surface area contributed by atoms with Crippen LogP contribution in [0.5, 0.6) is 5.75 Å². The Kier molecular flexibility index (Phi) is 7.88. The van der Waals surface area contributed by atoms with Crippen molar-refractivity contribution in [1.29, 1.82) is 0 Å². The van der Waals surface area contributed by atoms with E-state index in [1.807, 2.05) is 24.3 Å². The van der Waals surface area contributed by atoms with Crippen molar-refractivity contribution in [2.75, 3.05) is 25.5 Å². The van der Waals surface area contributed by atoms with Crippen LogP contribution in [0, 0.1) is 0 Å². The average molecular weight is 430 g/mol. The van der Waals surface area contributed by atoms with Crippen molar-refractivity contribution in [3.8, 4) is 5.75 Å². The molecule has 5 N–H and O–H groups in total. The standard InChI is InChI=1S/C14H18N6O2.HI/c1-22-11-4-2-10(3-5-11)19-14(15)17-9-8-16-13(21)12-6-7-18-20-12;/h2-7H,8-9H2,1H3,(H,16,21)(H,18,20)(H3,15,17,19);1H. The Morgan fingerprint density at radius 3 is 2.70 bits per heavy atom. The summed E-state index contributed by atoms with van der Waals surface area (Å²) in [5.41, 5.74) is 6.99. The number of aromatic amines is 1. The summed E-state index contributed by atoms with van der Waals surface area (Å²) < 4.78 is 5.07. The van der Waals surface area contributed by atoms with Crippen molar-refractivity contribution >= 4 is 41.5 Å². The minimum absolute atomic E-state index is 0. The number of aromatic nitrogens is 2. The number of aliphatic imine (C=N–C) groups is 1. The van der Waals surface area contributed by atoms with Crippen molar-refractivity contribution in [3.63, 3.8) is 0 Å². The van der Waals surface area contributed by atoms with Crippen LogP contribution in [0.2, 0.25) is 0 Å². The van der Waals surface area contributed by atoms with Gasteiger partial charge in [0.2, 0.25) is 0 Å². The third-order valence-electron chi connectivity index (χ3n) is 2.79. The highest BCUT2D eigenvalue weighted by Gasteiger charge is 2.04. The summed E-state index contributed by atoms with van der Waals surface area (Å²) in [6.45, 7) is 0.748. The van der Waals surface area contributed by atoms with E-state index in [2.05, 4.69) is 25.8 Å². The number of nitrogens with zero attached hydrogens (tertiary/aromatic N) is 2. The van der Waals surface area contributed by atoms with Gasteiger partial charge in [-0.2, -0.15) is 5.10 Å². The molecule has 1 aromatic heterocycles. The van der Waals surface area contributed by atoms with Gasteiger partial charge in [0.05, 0.1) is 13.7 Å². The molecule has 9 heteroatoms. The molecular formula is C14H19IN6O2. The molecule has 0 aliphatic carbocycles. The van der Waals surface area contributed by atoms with Crippen molar-refractivity contribution < 1.29 is 9.53 Å². The van der Waals surface area contributed by atoms with Crippen LogP contribution < -0.4 is 21.1 Å². The van der Waals surface area contributed by atoms with E-state index in [1.54, 1.807) is 13.2 Å². The molecule has 0 bridgehead atoms. The molecule has 8 nitrogen and oxygen atoms in total. The van der Waals surface area contributed by atoms with Gasteiger partial charge in [-0.15, -0.1) is 24.0 Å². The number of hydrogen-bond acceptors (Lipinski definition) is 4. The molecule has 0 fully saturated rings. The first-order valence-corrected chi connectivity index (χ1v) is 6.67. The second kappa shape index (κ2) is 9.66. The summed E-state index contributed by atoms with van der Waals surface area (Å²) in [5, 5.41) is 11.9. The number of nitrogens with two attached hydrogens (primary N) is 1. The average Bonchev–Trinajstić information content (AvgIpc) is 3.06. The van der Waals surface area contributed by atoms with E-state index in [-0.39, 0.29) is 35.8 Å². The Hall–Kier alpha value is -2.30. The monoisotopic (exact) mass is 430 g/mol. The molecule has 0 saturated heterocycles. The molecule has 0 radical (unpaired) electrons. The minimum atomic E-state index is -0.227. The minimum Gasteiger partial charge on any atom is -0.497 e. The largest absolute Gasteiger partial charge is 0.497 e. The highest BCUT2D eigenvalue weighted by molar-refractivity contribution is 14.0. The third kappa shape index (κ3) is 6.14. The molecule has 124 valence electrons. The molecule has 2 rings (SSSR count). The van der Waals surface area contributed by atoms with Crippen LogP contribution in [-0.4, -0.2) is 42.3 Å². The van der Waals surface area contributed by atoms with Gasteiger partial charge in [-0.1, -0.05) is 0 Å². The van der Waals surface area contributed by atoms with Crippen LogP contribution in [0.15, 0.2) is 41.5 Å². The number of amides is 1. The summed E-state index contributed by atoms with van der Waals surface area (Å²) in [4.78, 5) is 15.7. The van der Waals surface area contributed by atoms with Crippen LogP contribution in [0.25, 0.3) is 0 Å². The Labute approximate surface area is 150 Å². The van der Waals surface area contributed by atoms with Gasteiger partial charge in [0.15, 0.2) is 5.96 Å². The van der Waals surface area contributed by atoms with Gasteiger partial charge >= 0.3 is 0 Å². The molecule has 0 saturated carbocycles. The first-order chi connectivity index (χ1) is 10.7. The third-order valence-corrected chi connectivity index (χ3v) is 2.79. The second-order valence-corrected chi connectivity index (χ2v) is 4.35. The highest BCUT2D eigenvalue weighted by Crippen LogP contribution is 2.14. The molecule has 0 spiro atoms. The lowest BCUT2D eigenvalue weighted by Gasteiger charge is -2.07. The highest BCUT2D eigenvalue weighted by atomic mass is 127. The normalized spacial score (nSPS) is 10.6. The maximum absolute atomic E-state index is 11.6.